The lowest BCUT2D eigenvalue weighted by atomic mass is 10.3. The fourth-order valence-corrected chi connectivity index (χ4v) is 3.41. The fraction of sp³-hybridized carbons (Fsp3) is 0.300. The number of carbonyl (C=O) groups is 1. The Kier molecular flexibility index (Phi) is 5.21. The molecule has 0 aliphatic carbocycles. The molecule has 0 atom stereocenters. The van der Waals surface area contributed by atoms with Gasteiger partial charge >= 0.3 is 6.03 Å². The second-order valence-corrected chi connectivity index (χ2v) is 6.87. The summed E-state index contributed by atoms with van der Waals surface area (Å²) in [6.07, 6.45) is 0.805. The number of aromatic amines is 1. The average Bonchev–Trinajstić information content (AvgIpc) is 2.93. The molecule has 0 spiro atoms. The average molecular weight is 385 g/mol. The highest BCUT2D eigenvalue weighted by Crippen LogP contribution is 2.17. The van der Waals surface area contributed by atoms with Gasteiger partial charge in [0.05, 0.1) is 23.3 Å². The number of nitrogens with zero attached hydrogens (tertiary/aromatic N) is 3. The molecule has 1 fully saturated rings. The molecule has 28 heavy (non-hydrogen) atoms. The Labute approximate surface area is 161 Å². The number of para-hydroxylation sites is 2. The third-order valence-electron chi connectivity index (χ3n) is 4.86. The van der Waals surface area contributed by atoms with Gasteiger partial charge in [-0.15, -0.1) is 0 Å². The van der Waals surface area contributed by atoms with Crippen LogP contribution < -0.4 is 5.32 Å². The third-order valence-corrected chi connectivity index (χ3v) is 4.86. The highest BCUT2D eigenvalue weighted by Gasteiger charge is 2.21. The number of halogens is 2. The number of urea groups is 1. The van der Waals surface area contributed by atoms with Crippen molar-refractivity contribution < 1.29 is 13.6 Å². The summed E-state index contributed by atoms with van der Waals surface area (Å²) in [6, 6.07) is 10.6. The SMILES string of the molecule is O=C(Nc1ccc(F)cc1F)N1CCCN(Cc2nc3ccccc3[nH]2)CC1. The quantitative estimate of drug-likeness (QED) is 0.724. The van der Waals surface area contributed by atoms with Crippen LogP contribution in [-0.4, -0.2) is 52.0 Å². The lowest BCUT2D eigenvalue weighted by molar-refractivity contribution is 0.210. The third kappa shape index (κ3) is 4.12. The molecule has 0 unspecified atom stereocenters. The van der Waals surface area contributed by atoms with Gasteiger partial charge in [-0.2, -0.15) is 0 Å². The maximum Gasteiger partial charge on any atom is 0.321 e. The van der Waals surface area contributed by atoms with Crippen molar-refractivity contribution in [3.63, 3.8) is 0 Å². The van der Waals surface area contributed by atoms with Crippen LogP contribution in [0, 0.1) is 11.6 Å². The molecule has 1 aliphatic rings. The molecule has 146 valence electrons. The Balaban J connectivity index is 1.35. The Morgan fingerprint density at radius 1 is 1.11 bits per heavy atom. The summed E-state index contributed by atoms with van der Waals surface area (Å²) >= 11 is 0. The van der Waals surface area contributed by atoms with Crippen LogP contribution in [0.5, 0.6) is 0 Å². The lowest BCUT2D eigenvalue weighted by Crippen LogP contribution is -2.38. The van der Waals surface area contributed by atoms with E-state index >= 15 is 0 Å². The van der Waals surface area contributed by atoms with Crippen LogP contribution in [0.1, 0.15) is 12.2 Å². The Morgan fingerprint density at radius 3 is 2.79 bits per heavy atom. The molecule has 0 saturated carbocycles. The van der Waals surface area contributed by atoms with Gasteiger partial charge in [-0.05, 0) is 30.7 Å². The van der Waals surface area contributed by atoms with E-state index in [1.165, 1.54) is 6.07 Å². The van der Waals surface area contributed by atoms with Crippen LogP contribution in [0.2, 0.25) is 0 Å². The molecule has 2 aromatic carbocycles. The molecule has 0 radical (unpaired) electrons. The van der Waals surface area contributed by atoms with Crippen molar-refractivity contribution in [1.82, 2.24) is 19.8 Å². The molecule has 1 aromatic heterocycles. The van der Waals surface area contributed by atoms with E-state index < -0.39 is 11.6 Å². The number of benzene rings is 2. The fourth-order valence-electron chi connectivity index (χ4n) is 3.41. The molecule has 4 rings (SSSR count). The first kappa shape index (κ1) is 18.4. The Bertz CT molecular complexity index is 957. The monoisotopic (exact) mass is 385 g/mol. The van der Waals surface area contributed by atoms with Crippen molar-refractivity contribution in [2.24, 2.45) is 0 Å². The molecule has 2 heterocycles. The van der Waals surface area contributed by atoms with E-state index in [0.717, 1.165) is 42.0 Å². The normalized spacial score (nSPS) is 15.6. The van der Waals surface area contributed by atoms with Crippen LogP contribution in [-0.2, 0) is 6.54 Å². The van der Waals surface area contributed by atoms with E-state index in [0.29, 0.717) is 26.2 Å². The molecule has 8 heteroatoms. The number of carbonyl (C=O) groups excluding carboxylic acids is 1. The van der Waals surface area contributed by atoms with E-state index in [-0.39, 0.29) is 11.7 Å². The molecule has 3 aromatic rings. The predicted octanol–water partition coefficient (Wildman–Crippen LogP) is 3.58. The summed E-state index contributed by atoms with van der Waals surface area (Å²) in [5.74, 6) is -0.561. The Morgan fingerprint density at radius 2 is 1.96 bits per heavy atom. The number of nitrogens with one attached hydrogen (secondary N) is 2. The first-order chi connectivity index (χ1) is 13.6. The molecule has 1 aliphatic heterocycles. The van der Waals surface area contributed by atoms with Gasteiger partial charge in [0.15, 0.2) is 0 Å². The number of anilines is 1. The number of aromatic nitrogens is 2. The molecular weight excluding hydrogens is 364 g/mol. The van der Waals surface area contributed by atoms with Crippen molar-refractivity contribution in [3.05, 3.63) is 59.9 Å². The van der Waals surface area contributed by atoms with E-state index in [1.54, 1.807) is 4.90 Å². The van der Waals surface area contributed by atoms with Crippen molar-refractivity contribution in [1.29, 1.82) is 0 Å². The van der Waals surface area contributed by atoms with E-state index in [9.17, 15) is 13.6 Å². The maximum absolute atomic E-state index is 13.8. The number of hydrogen-bond donors (Lipinski definition) is 2. The molecule has 1 saturated heterocycles. The predicted molar refractivity (Wildman–Crippen MR) is 103 cm³/mol. The van der Waals surface area contributed by atoms with E-state index in [4.69, 9.17) is 0 Å². The summed E-state index contributed by atoms with van der Waals surface area (Å²) in [7, 11) is 0. The van der Waals surface area contributed by atoms with Crippen molar-refractivity contribution in [2.45, 2.75) is 13.0 Å². The van der Waals surface area contributed by atoms with Crippen LogP contribution in [0.4, 0.5) is 19.3 Å². The van der Waals surface area contributed by atoms with Gasteiger partial charge in [0.1, 0.15) is 17.5 Å². The minimum Gasteiger partial charge on any atom is -0.341 e. The van der Waals surface area contributed by atoms with Crippen molar-refractivity contribution >= 4 is 22.8 Å². The topological polar surface area (TPSA) is 64.3 Å². The highest BCUT2D eigenvalue weighted by molar-refractivity contribution is 5.89. The summed E-state index contributed by atoms with van der Waals surface area (Å²) in [5, 5.41) is 2.53. The molecule has 0 bridgehead atoms. The standard InChI is InChI=1S/C20H21F2N5O/c21-14-6-7-16(15(22)12-14)25-20(28)27-9-3-8-26(10-11-27)13-19-23-17-4-1-2-5-18(17)24-19/h1-2,4-7,12H,3,8-11,13H2,(H,23,24)(H,25,28). The molecule has 6 nitrogen and oxygen atoms in total. The van der Waals surface area contributed by atoms with Crippen molar-refractivity contribution in [2.75, 3.05) is 31.5 Å². The molecule has 2 N–H and O–H groups in total. The van der Waals surface area contributed by atoms with E-state index in [2.05, 4.69) is 20.2 Å². The highest BCUT2D eigenvalue weighted by atomic mass is 19.1. The summed E-state index contributed by atoms with van der Waals surface area (Å²) in [5.41, 5.74) is 1.93. The first-order valence-corrected chi connectivity index (χ1v) is 9.25. The van der Waals surface area contributed by atoms with Gasteiger partial charge < -0.3 is 15.2 Å². The zero-order valence-electron chi connectivity index (χ0n) is 15.3. The van der Waals surface area contributed by atoms with Gasteiger partial charge in [-0.3, -0.25) is 4.90 Å². The van der Waals surface area contributed by atoms with E-state index in [1.807, 2.05) is 24.3 Å². The zero-order valence-corrected chi connectivity index (χ0v) is 15.3. The second-order valence-electron chi connectivity index (χ2n) is 6.87. The van der Waals surface area contributed by atoms with Gasteiger partial charge in [0.2, 0.25) is 0 Å². The summed E-state index contributed by atoms with van der Waals surface area (Å²) < 4.78 is 26.8. The van der Waals surface area contributed by atoms with Gasteiger partial charge in [0, 0.05) is 32.2 Å². The number of rotatable bonds is 3. The van der Waals surface area contributed by atoms with Crippen LogP contribution in [0.25, 0.3) is 11.0 Å². The number of fused-ring (bicyclic) bond motifs is 1. The molecular formula is C20H21F2N5O. The summed E-state index contributed by atoms with van der Waals surface area (Å²) in [6.45, 7) is 3.30. The van der Waals surface area contributed by atoms with Gasteiger partial charge in [-0.1, -0.05) is 12.1 Å². The number of imidazole rings is 1. The van der Waals surface area contributed by atoms with Crippen LogP contribution in [0.15, 0.2) is 42.5 Å². The van der Waals surface area contributed by atoms with Gasteiger partial charge in [-0.25, -0.2) is 18.6 Å². The largest absolute Gasteiger partial charge is 0.341 e. The minimum atomic E-state index is -0.783. The number of H-pyrrole nitrogens is 1. The molecule has 2 amide bonds. The first-order valence-electron chi connectivity index (χ1n) is 9.25. The maximum atomic E-state index is 13.8. The minimum absolute atomic E-state index is 0.0187. The van der Waals surface area contributed by atoms with Crippen LogP contribution in [0.3, 0.4) is 0 Å². The lowest BCUT2D eigenvalue weighted by Gasteiger charge is -2.22. The summed E-state index contributed by atoms with van der Waals surface area (Å²) in [4.78, 5) is 24.3. The smallest absolute Gasteiger partial charge is 0.321 e. The second kappa shape index (κ2) is 7.93. The zero-order chi connectivity index (χ0) is 19.5. The Hall–Kier alpha value is -3.00. The number of hydrogen-bond acceptors (Lipinski definition) is 3. The van der Waals surface area contributed by atoms with Crippen LogP contribution >= 0.6 is 0 Å². The number of amides is 2. The van der Waals surface area contributed by atoms with Gasteiger partial charge in [0.25, 0.3) is 0 Å². The van der Waals surface area contributed by atoms with Crippen molar-refractivity contribution in [3.8, 4) is 0 Å².